The quantitative estimate of drug-likeness (QED) is 0.468. The summed E-state index contributed by atoms with van der Waals surface area (Å²) in [6, 6.07) is 18.3. The van der Waals surface area contributed by atoms with Crippen LogP contribution < -0.4 is 10.5 Å². The van der Waals surface area contributed by atoms with Gasteiger partial charge in [-0.1, -0.05) is 11.6 Å². The highest BCUT2D eigenvalue weighted by molar-refractivity contribution is 7.21. The third-order valence-electron chi connectivity index (χ3n) is 4.29. The van der Waals surface area contributed by atoms with Crippen molar-refractivity contribution in [1.29, 1.82) is 0 Å². The predicted molar refractivity (Wildman–Crippen MR) is 111 cm³/mol. The first-order chi connectivity index (χ1) is 13.1. The average Bonchev–Trinajstić information content (AvgIpc) is 3.04. The highest BCUT2D eigenvalue weighted by Crippen LogP contribution is 2.35. The normalized spacial score (nSPS) is 10.9. The van der Waals surface area contributed by atoms with Crippen LogP contribution >= 0.6 is 22.9 Å². The summed E-state index contributed by atoms with van der Waals surface area (Å²) in [6.45, 7) is 0. The van der Waals surface area contributed by atoms with Crippen LogP contribution in [0.5, 0.6) is 5.75 Å². The Hall–Kier alpha value is -2.89. The highest BCUT2D eigenvalue weighted by atomic mass is 35.5. The summed E-state index contributed by atoms with van der Waals surface area (Å²) in [4.78, 5) is 18.7. The molecule has 2 heterocycles. The van der Waals surface area contributed by atoms with Crippen molar-refractivity contribution in [3.8, 4) is 17.0 Å². The summed E-state index contributed by atoms with van der Waals surface area (Å²) in [7, 11) is 1.63. The number of nitrogens with two attached hydrogens (primary N) is 1. The first kappa shape index (κ1) is 17.5. The predicted octanol–water partition coefficient (Wildman–Crippen LogP) is 5.44. The molecule has 0 fully saturated rings. The third kappa shape index (κ3) is 3.27. The van der Waals surface area contributed by atoms with Gasteiger partial charge in [-0.05, 0) is 60.7 Å². The van der Waals surface area contributed by atoms with Gasteiger partial charge in [-0.2, -0.15) is 0 Å². The molecule has 0 atom stereocenters. The van der Waals surface area contributed by atoms with Crippen LogP contribution in [-0.2, 0) is 0 Å². The van der Waals surface area contributed by atoms with Gasteiger partial charge >= 0.3 is 0 Å². The number of carbonyl (C=O) groups excluding carboxylic acids is 1. The molecule has 0 amide bonds. The van der Waals surface area contributed by atoms with E-state index >= 15 is 0 Å². The van der Waals surface area contributed by atoms with Gasteiger partial charge in [0.1, 0.15) is 15.5 Å². The Morgan fingerprint density at radius 3 is 2.41 bits per heavy atom. The number of hydrogen-bond acceptors (Lipinski definition) is 5. The van der Waals surface area contributed by atoms with Gasteiger partial charge in [0.05, 0.1) is 18.5 Å². The molecule has 4 aromatic rings. The lowest BCUT2D eigenvalue weighted by Gasteiger charge is -2.03. The van der Waals surface area contributed by atoms with Crippen LogP contribution in [0.3, 0.4) is 0 Å². The maximum Gasteiger partial charge on any atom is 0.205 e. The van der Waals surface area contributed by atoms with Gasteiger partial charge in [-0.15, -0.1) is 11.3 Å². The standard InChI is InChI=1S/C21H15ClN2O2S/c1-26-15-8-4-12(5-9-15)17-11-10-16-18(23)20(27-21(16)24-17)19(25)13-2-6-14(22)7-3-13/h2-11H,23H2,1H3. The Balaban J connectivity index is 1.74. The first-order valence-corrected chi connectivity index (χ1v) is 9.40. The number of hydrogen-bond donors (Lipinski definition) is 1. The fraction of sp³-hybridized carbons (Fsp3) is 0.0476. The van der Waals surface area contributed by atoms with Crippen molar-refractivity contribution < 1.29 is 9.53 Å². The molecule has 0 aliphatic carbocycles. The fourth-order valence-electron chi connectivity index (χ4n) is 2.82. The van der Waals surface area contributed by atoms with Crippen LogP contribution in [0.2, 0.25) is 5.02 Å². The monoisotopic (exact) mass is 394 g/mol. The molecule has 0 bridgehead atoms. The Morgan fingerprint density at radius 2 is 1.74 bits per heavy atom. The number of fused-ring (bicyclic) bond motifs is 1. The Kier molecular flexibility index (Phi) is 4.56. The second kappa shape index (κ2) is 7.02. The molecule has 0 aliphatic rings. The molecule has 0 unspecified atom stereocenters. The number of carbonyl (C=O) groups is 1. The van der Waals surface area contributed by atoms with Gasteiger partial charge in [0, 0.05) is 21.5 Å². The summed E-state index contributed by atoms with van der Waals surface area (Å²) in [6.07, 6.45) is 0. The summed E-state index contributed by atoms with van der Waals surface area (Å²) in [5.41, 5.74) is 9.04. The molecule has 134 valence electrons. The number of nitrogens with zero attached hydrogens (tertiary/aromatic N) is 1. The maximum absolute atomic E-state index is 12.8. The van der Waals surface area contributed by atoms with Gasteiger partial charge in [-0.3, -0.25) is 4.79 Å². The number of aromatic nitrogens is 1. The zero-order valence-corrected chi connectivity index (χ0v) is 16.0. The van der Waals surface area contributed by atoms with Crippen molar-refractivity contribution in [2.75, 3.05) is 12.8 Å². The van der Waals surface area contributed by atoms with Gasteiger partial charge in [0.2, 0.25) is 5.78 Å². The minimum absolute atomic E-state index is 0.127. The van der Waals surface area contributed by atoms with Crippen LogP contribution in [0.25, 0.3) is 21.5 Å². The molecule has 0 radical (unpaired) electrons. The molecular weight excluding hydrogens is 380 g/mol. The minimum Gasteiger partial charge on any atom is -0.497 e. The van der Waals surface area contributed by atoms with Crippen LogP contribution in [0.15, 0.2) is 60.7 Å². The van der Waals surface area contributed by atoms with E-state index in [2.05, 4.69) is 0 Å². The van der Waals surface area contributed by atoms with E-state index in [9.17, 15) is 4.79 Å². The third-order valence-corrected chi connectivity index (χ3v) is 5.66. The zero-order valence-electron chi connectivity index (χ0n) is 14.4. The summed E-state index contributed by atoms with van der Waals surface area (Å²) < 4.78 is 5.19. The molecule has 0 spiro atoms. The van der Waals surface area contributed by atoms with Crippen LogP contribution in [-0.4, -0.2) is 17.9 Å². The number of nitrogen functional groups attached to an aromatic ring is 1. The average molecular weight is 395 g/mol. The molecule has 0 saturated carbocycles. The molecule has 4 rings (SSSR count). The molecule has 6 heteroatoms. The van der Waals surface area contributed by atoms with E-state index in [1.807, 2.05) is 36.4 Å². The lowest BCUT2D eigenvalue weighted by atomic mass is 10.1. The van der Waals surface area contributed by atoms with E-state index in [1.165, 1.54) is 11.3 Å². The van der Waals surface area contributed by atoms with E-state index in [0.29, 0.717) is 21.2 Å². The lowest BCUT2D eigenvalue weighted by Crippen LogP contribution is -2.01. The number of methoxy groups -OCH3 is 1. The number of pyridine rings is 1. The van der Waals surface area contributed by atoms with E-state index < -0.39 is 0 Å². The van der Waals surface area contributed by atoms with Gasteiger partial charge in [0.25, 0.3) is 0 Å². The van der Waals surface area contributed by atoms with Gasteiger partial charge in [0.15, 0.2) is 0 Å². The number of ether oxygens (including phenoxy) is 1. The summed E-state index contributed by atoms with van der Waals surface area (Å²) >= 11 is 7.21. The number of ketones is 1. The van der Waals surface area contributed by atoms with Crippen LogP contribution in [0.1, 0.15) is 15.2 Å². The second-order valence-electron chi connectivity index (χ2n) is 5.96. The maximum atomic E-state index is 12.8. The van der Waals surface area contributed by atoms with Crippen molar-refractivity contribution in [2.24, 2.45) is 0 Å². The van der Waals surface area contributed by atoms with E-state index in [1.54, 1.807) is 31.4 Å². The number of benzene rings is 2. The number of halogens is 1. The first-order valence-electron chi connectivity index (χ1n) is 8.20. The molecule has 2 aromatic carbocycles. The van der Waals surface area contributed by atoms with Crippen molar-refractivity contribution in [1.82, 2.24) is 4.98 Å². The second-order valence-corrected chi connectivity index (χ2v) is 7.39. The van der Waals surface area contributed by atoms with Gasteiger partial charge in [-0.25, -0.2) is 4.98 Å². The topological polar surface area (TPSA) is 65.2 Å². The smallest absolute Gasteiger partial charge is 0.205 e. The molecular formula is C21H15ClN2O2S. The molecule has 4 nitrogen and oxygen atoms in total. The number of thiophene rings is 1. The van der Waals surface area contributed by atoms with Crippen molar-refractivity contribution in [3.05, 3.63) is 76.1 Å². The number of rotatable bonds is 4. The van der Waals surface area contributed by atoms with Crippen molar-refractivity contribution >= 4 is 44.6 Å². The fourth-order valence-corrected chi connectivity index (χ4v) is 4.00. The largest absolute Gasteiger partial charge is 0.497 e. The number of anilines is 1. The molecule has 2 aromatic heterocycles. The Morgan fingerprint density at radius 1 is 1.04 bits per heavy atom. The summed E-state index contributed by atoms with van der Waals surface area (Å²) in [5.74, 6) is 0.661. The highest BCUT2D eigenvalue weighted by Gasteiger charge is 2.19. The van der Waals surface area contributed by atoms with Gasteiger partial charge < -0.3 is 10.5 Å². The van der Waals surface area contributed by atoms with E-state index in [4.69, 9.17) is 27.1 Å². The van der Waals surface area contributed by atoms with Crippen LogP contribution in [0.4, 0.5) is 5.69 Å². The Bertz CT molecular complexity index is 1140. The molecule has 0 aliphatic heterocycles. The zero-order chi connectivity index (χ0) is 19.0. The van der Waals surface area contributed by atoms with Crippen molar-refractivity contribution in [2.45, 2.75) is 0 Å². The van der Waals surface area contributed by atoms with Crippen molar-refractivity contribution in [3.63, 3.8) is 0 Å². The minimum atomic E-state index is -0.127. The van der Waals surface area contributed by atoms with E-state index in [0.717, 1.165) is 27.2 Å². The SMILES string of the molecule is COc1ccc(-c2ccc3c(N)c(C(=O)c4ccc(Cl)cc4)sc3n2)cc1. The molecule has 0 saturated heterocycles. The van der Waals surface area contributed by atoms with E-state index in [-0.39, 0.29) is 5.78 Å². The van der Waals surface area contributed by atoms with Crippen LogP contribution in [0, 0.1) is 0 Å². The molecule has 2 N–H and O–H groups in total. The Labute approximate surface area is 165 Å². The molecule has 27 heavy (non-hydrogen) atoms. The lowest BCUT2D eigenvalue weighted by molar-refractivity contribution is 0.104. The summed E-state index contributed by atoms with van der Waals surface area (Å²) in [5, 5.41) is 1.37.